The summed E-state index contributed by atoms with van der Waals surface area (Å²) < 4.78 is 12.1. The van der Waals surface area contributed by atoms with Gasteiger partial charge in [0, 0.05) is 11.1 Å². The third-order valence-corrected chi connectivity index (χ3v) is 4.33. The van der Waals surface area contributed by atoms with E-state index in [1.165, 1.54) is 6.07 Å². The number of hydrogen-bond acceptors (Lipinski definition) is 2. The summed E-state index contributed by atoms with van der Waals surface area (Å²) in [7, 11) is 0. The first kappa shape index (κ1) is 13.7. The minimum atomic E-state index is 0.239. The molecule has 0 saturated carbocycles. The summed E-state index contributed by atoms with van der Waals surface area (Å²) in [5.74, 6) is 1.52. The predicted molar refractivity (Wildman–Crippen MR) is 80.8 cm³/mol. The van der Waals surface area contributed by atoms with Crippen molar-refractivity contribution in [1.82, 2.24) is 0 Å². The molecule has 0 fully saturated rings. The Kier molecular flexibility index (Phi) is 3.52. The predicted octanol–water partition coefficient (Wildman–Crippen LogP) is 6.96. The Bertz CT molecular complexity index is 703. The van der Waals surface area contributed by atoms with Gasteiger partial charge in [-0.25, -0.2) is 0 Å². The van der Waals surface area contributed by atoms with E-state index < -0.39 is 0 Å². The standard InChI is InChI=1S/C12H3BrCl4O2/c13-5-1-4(14)2-8-10(5)19-11-7(16)3-6(15)9(17)12(11)18-8/h1-3H. The molecule has 0 saturated heterocycles. The monoisotopic (exact) mass is 398 g/mol. The molecule has 0 atom stereocenters. The first-order valence-electron chi connectivity index (χ1n) is 4.99. The van der Waals surface area contributed by atoms with E-state index in [-0.39, 0.29) is 10.8 Å². The van der Waals surface area contributed by atoms with Crippen molar-refractivity contribution in [1.29, 1.82) is 0 Å². The van der Waals surface area contributed by atoms with Crippen LogP contribution >= 0.6 is 62.3 Å². The van der Waals surface area contributed by atoms with Crippen LogP contribution in [0.2, 0.25) is 20.1 Å². The van der Waals surface area contributed by atoms with Crippen LogP contribution in [0.4, 0.5) is 0 Å². The van der Waals surface area contributed by atoms with Crippen molar-refractivity contribution >= 4 is 62.3 Å². The van der Waals surface area contributed by atoms with E-state index in [0.29, 0.717) is 36.8 Å². The first-order valence-corrected chi connectivity index (χ1v) is 7.30. The zero-order chi connectivity index (χ0) is 13.7. The SMILES string of the molecule is Clc1cc(Br)c2c(c1)Oc1c(Cl)c(Cl)cc(Cl)c1O2. The summed E-state index contributed by atoms with van der Waals surface area (Å²) in [6.45, 7) is 0. The van der Waals surface area contributed by atoms with Gasteiger partial charge in [0.25, 0.3) is 0 Å². The van der Waals surface area contributed by atoms with Gasteiger partial charge in [-0.05, 0) is 28.1 Å². The molecule has 0 unspecified atom stereocenters. The summed E-state index contributed by atoms with van der Waals surface area (Å²) >= 11 is 27.4. The molecule has 2 aromatic rings. The highest BCUT2D eigenvalue weighted by Crippen LogP contribution is 2.55. The number of rotatable bonds is 0. The highest BCUT2D eigenvalue weighted by Gasteiger charge is 2.27. The molecule has 1 aliphatic heterocycles. The first-order chi connectivity index (χ1) is 8.97. The zero-order valence-electron chi connectivity index (χ0n) is 8.94. The maximum Gasteiger partial charge on any atom is 0.191 e. The van der Waals surface area contributed by atoms with Crippen LogP contribution in [0.1, 0.15) is 0 Å². The summed E-state index contributed by atoms with van der Waals surface area (Å²) in [5, 5.41) is 1.35. The molecule has 98 valence electrons. The van der Waals surface area contributed by atoms with Gasteiger partial charge in [0.05, 0.1) is 14.5 Å². The molecule has 0 aromatic heterocycles. The van der Waals surface area contributed by atoms with Crippen LogP contribution in [-0.2, 0) is 0 Å². The van der Waals surface area contributed by atoms with Crippen molar-refractivity contribution in [3.8, 4) is 23.0 Å². The van der Waals surface area contributed by atoms with Crippen LogP contribution in [-0.4, -0.2) is 0 Å². The molecule has 3 rings (SSSR count). The van der Waals surface area contributed by atoms with Crippen molar-refractivity contribution in [2.24, 2.45) is 0 Å². The van der Waals surface area contributed by atoms with E-state index in [1.54, 1.807) is 12.1 Å². The fourth-order valence-electron chi connectivity index (χ4n) is 1.67. The Labute approximate surface area is 137 Å². The van der Waals surface area contributed by atoms with Crippen molar-refractivity contribution in [3.63, 3.8) is 0 Å². The molecular weight excluding hydrogens is 398 g/mol. The molecule has 0 spiro atoms. The lowest BCUT2D eigenvalue weighted by Crippen LogP contribution is -2.01. The minimum absolute atomic E-state index is 0.239. The van der Waals surface area contributed by atoms with Crippen LogP contribution in [0.5, 0.6) is 23.0 Å². The summed E-state index contributed by atoms with van der Waals surface area (Å²) in [4.78, 5) is 0. The topological polar surface area (TPSA) is 18.5 Å². The molecule has 0 amide bonds. The normalized spacial score (nSPS) is 12.3. The van der Waals surface area contributed by atoms with Gasteiger partial charge in [-0.2, -0.15) is 0 Å². The Hall–Kier alpha value is -0.320. The molecule has 2 aromatic carbocycles. The van der Waals surface area contributed by atoms with Gasteiger partial charge in [0.15, 0.2) is 23.0 Å². The third-order valence-electron chi connectivity index (χ3n) is 2.48. The van der Waals surface area contributed by atoms with E-state index >= 15 is 0 Å². The molecule has 2 nitrogen and oxygen atoms in total. The molecule has 7 heteroatoms. The second-order valence-electron chi connectivity index (χ2n) is 3.73. The van der Waals surface area contributed by atoms with Crippen molar-refractivity contribution in [3.05, 3.63) is 42.8 Å². The van der Waals surface area contributed by atoms with Crippen LogP contribution in [0.15, 0.2) is 22.7 Å². The van der Waals surface area contributed by atoms with Gasteiger partial charge >= 0.3 is 0 Å². The van der Waals surface area contributed by atoms with Gasteiger partial charge in [0.1, 0.15) is 5.02 Å². The van der Waals surface area contributed by atoms with E-state index in [9.17, 15) is 0 Å². The summed E-state index contributed by atoms with van der Waals surface area (Å²) in [6.07, 6.45) is 0. The molecule has 19 heavy (non-hydrogen) atoms. The number of fused-ring (bicyclic) bond motifs is 2. The lowest BCUT2D eigenvalue weighted by molar-refractivity contribution is 0.358. The van der Waals surface area contributed by atoms with Gasteiger partial charge in [-0.1, -0.05) is 46.4 Å². The molecule has 1 aliphatic rings. The molecule has 1 heterocycles. The Morgan fingerprint density at radius 3 is 2.26 bits per heavy atom. The molecular formula is C12H3BrCl4O2. The Morgan fingerprint density at radius 2 is 1.53 bits per heavy atom. The van der Waals surface area contributed by atoms with Crippen LogP contribution in [0.25, 0.3) is 0 Å². The van der Waals surface area contributed by atoms with Crippen LogP contribution < -0.4 is 9.47 Å². The number of hydrogen-bond donors (Lipinski definition) is 0. The highest BCUT2D eigenvalue weighted by atomic mass is 79.9. The summed E-state index contributed by atoms with van der Waals surface area (Å²) in [6, 6.07) is 4.82. The third kappa shape index (κ3) is 2.28. The molecule has 0 aliphatic carbocycles. The lowest BCUT2D eigenvalue weighted by Gasteiger charge is -2.23. The van der Waals surface area contributed by atoms with E-state index in [2.05, 4.69) is 15.9 Å². The fraction of sp³-hybridized carbons (Fsp3) is 0. The van der Waals surface area contributed by atoms with Gasteiger partial charge in [-0.3, -0.25) is 0 Å². The van der Waals surface area contributed by atoms with Gasteiger partial charge < -0.3 is 9.47 Å². The quantitative estimate of drug-likeness (QED) is 0.380. The molecule has 0 radical (unpaired) electrons. The Morgan fingerprint density at radius 1 is 0.789 bits per heavy atom. The minimum Gasteiger partial charge on any atom is -0.448 e. The second-order valence-corrected chi connectivity index (χ2v) is 6.21. The van der Waals surface area contributed by atoms with Crippen molar-refractivity contribution in [2.75, 3.05) is 0 Å². The van der Waals surface area contributed by atoms with E-state index in [4.69, 9.17) is 55.9 Å². The smallest absolute Gasteiger partial charge is 0.191 e. The lowest BCUT2D eigenvalue weighted by atomic mass is 10.2. The van der Waals surface area contributed by atoms with E-state index in [1.807, 2.05) is 0 Å². The van der Waals surface area contributed by atoms with Crippen LogP contribution in [0.3, 0.4) is 0 Å². The maximum absolute atomic E-state index is 6.09. The zero-order valence-corrected chi connectivity index (χ0v) is 13.5. The average molecular weight is 401 g/mol. The van der Waals surface area contributed by atoms with Crippen LogP contribution in [0, 0.1) is 0 Å². The van der Waals surface area contributed by atoms with E-state index in [0.717, 1.165) is 0 Å². The number of benzene rings is 2. The Balaban J connectivity index is 2.22. The second kappa shape index (κ2) is 4.90. The molecule has 0 bridgehead atoms. The maximum atomic E-state index is 6.09. The fourth-order valence-corrected chi connectivity index (χ4v) is 3.19. The number of ether oxygens (including phenoxy) is 2. The molecule has 0 N–H and O–H groups in total. The highest BCUT2D eigenvalue weighted by molar-refractivity contribution is 9.10. The average Bonchev–Trinajstić information content (AvgIpc) is 2.34. The van der Waals surface area contributed by atoms with Gasteiger partial charge in [-0.15, -0.1) is 0 Å². The largest absolute Gasteiger partial charge is 0.448 e. The van der Waals surface area contributed by atoms with Crippen molar-refractivity contribution in [2.45, 2.75) is 0 Å². The summed E-state index contributed by atoms with van der Waals surface area (Å²) in [5.41, 5.74) is 0. The van der Waals surface area contributed by atoms with Crippen molar-refractivity contribution < 1.29 is 9.47 Å². The number of halogens is 5. The van der Waals surface area contributed by atoms with Gasteiger partial charge in [0.2, 0.25) is 0 Å².